The number of urea groups is 1. The molecule has 1 aliphatic rings. The van der Waals surface area contributed by atoms with Crippen LogP contribution in [0, 0.1) is 13.8 Å². The van der Waals surface area contributed by atoms with Crippen molar-refractivity contribution in [2.45, 2.75) is 20.8 Å². The lowest BCUT2D eigenvalue weighted by atomic mass is 10.1. The minimum Gasteiger partial charge on any atom is -0.491 e. The van der Waals surface area contributed by atoms with Crippen molar-refractivity contribution in [3.05, 3.63) is 29.3 Å². The van der Waals surface area contributed by atoms with Crippen molar-refractivity contribution in [2.24, 2.45) is 0 Å². The summed E-state index contributed by atoms with van der Waals surface area (Å²) in [4.78, 5) is 26.8. The number of carbonyl (C=O) groups is 2. The van der Waals surface area contributed by atoms with Crippen LogP contribution in [0.15, 0.2) is 18.2 Å². The molecule has 23 heavy (non-hydrogen) atoms. The van der Waals surface area contributed by atoms with Crippen molar-refractivity contribution in [3.8, 4) is 5.75 Å². The van der Waals surface area contributed by atoms with E-state index in [-0.39, 0.29) is 11.9 Å². The molecular weight excluding hydrogens is 294 g/mol. The standard InChI is InChI=1S/C17H25N3O3/c1-13-5-4-6-14(2)16(13)23-12-7-18-17(22)20-10-8-19(9-11-20)15(3)21/h4-6H,7-12H2,1-3H3,(H,18,22). The molecule has 0 atom stereocenters. The van der Waals surface area contributed by atoms with Gasteiger partial charge in [0.15, 0.2) is 0 Å². The van der Waals surface area contributed by atoms with Crippen LogP contribution in [0.4, 0.5) is 4.79 Å². The molecule has 0 saturated carbocycles. The Morgan fingerprint density at radius 3 is 2.22 bits per heavy atom. The molecule has 1 aromatic carbocycles. The third-order valence-electron chi connectivity index (χ3n) is 4.05. The zero-order valence-electron chi connectivity index (χ0n) is 14.1. The van der Waals surface area contributed by atoms with Crippen molar-refractivity contribution in [1.29, 1.82) is 0 Å². The van der Waals surface area contributed by atoms with Crippen LogP contribution in [0.2, 0.25) is 0 Å². The van der Waals surface area contributed by atoms with Gasteiger partial charge in [0.1, 0.15) is 12.4 Å². The summed E-state index contributed by atoms with van der Waals surface area (Å²) in [5.41, 5.74) is 2.19. The topological polar surface area (TPSA) is 61.9 Å². The van der Waals surface area contributed by atoms with Crippen LogP contribution >= 0.6 is 0 Å². The highest BCUT2D eigenvalue weighted by Gasteiger charge is 2.21. The number of benzene rings is 1. The zero-order chi connectivity index (χ0) is 16.8. The van der Waals surface area contributed by atoms with E-state index in [1.54, 1.807) is 16.7 Å². The van der Waals surface area contributed by atoms with Crippen LogP contribution in [0.25, 0.3) is 0 Å². The van der Waals surface area contributed by atoms with Crippen LogP contribution in [-0.2, 0) is 4.79 Å². The summed E-state index contributed by atoms with van der Waals surface area (Å²) in [6.45, 7) is 8.81. The number of rotatable bonds is 4. The van der Waals surface area contributed by atoms with E-state index >= 15 is 0 Å². The van der Waals surface area contributed by atoms with E-state index in [1.165, 1.54) is 0 Å². The van der Waals surface area contributed by atoms with Gasteiger partial charge in [-0.3, -0.25) is 4.79 Å². The molecule has 126 valence electrons. The Morgan fingerprint density at radius 1 is 1.09 bits per heavy atom. The average Bonchev–Trinajstić information content (AvgIpc) is 2.53. The third kappa shape index (κ3) is 4.61. The van der Waals surface area contributed by atoms with E-state index in [1.807, 2.05) is 32.0 Å². The predicted molar refractivity (Wildman–Crippen MR) is 88.6 cm³/mol. The number of nitrogens with zero attached hydrogens (tertiary/aromatic N) is 2. The number of amides is 3. The summed E-state index contributed by atoms with van der Waals surface area (Å²) in [6.07, 6.45) is 0. The van der Waals surface area contributed by atoms with E-state index in [0.29, 0.717) is 39.3 Å². The summed E-state index contributed by atoms with van der Waals surface area (Å²) in [7, 11) is 0. The molecule has 0 bridgehead atoms. The quantitative estimate of drug-likeness (QED) is 0.857. The van der Waals surface area contributed by atoms with E-state index in [4.69, 9.17) is 4.74 Å². The molecule has 1 N–H and O–H groups in total. The number of carbonyl (C=O) groups excluding carboxylic acids is 2. The summed E-state index contributed by atoms with van der Waals surface area (Å²) in [5, 5.41) is 2.86. The molecule has 3 amide bonds. The van der Waals surface area contributed by atoms with Gasteiger partial charge >= 0.3 is 6.03 Å². The van der Waals surface area contributed by atoms with Crippen molar-refractivity contribution in [1.82, 2.24) is 15.1 Å². The van der Waals surface area contributed by atoms with Crippen molar-refractivity contribution < 1.29 is 14.3 Å². The zero-order valence-corrected chi connectivity index (χ0v) is 14.1. The highest BCUT2D eigenvalue weighted by molar-refractivity contribution is 5.76. The molecule has 1 saturated heterocycles. The van der Waals surface area contributed by atoms with Crippen LogP contribution in [-0.4, -0.2) is 61.1 Å². The number of hydrogen-bond acceptors (Lipinski definition) is 3. The fourth-order valence-corrected chi connectivity index (χ4v) is 2.67. The van der Waals surface area contributed by atoms with Gasteiger partial charge in [-0.15, -0.1) is 0 Å². The minimum atomic E-state index is -0.0988. The molecule has 0 aromatic heterocycles. The highest BCUT2D eigenvalue weighted by atomic mass is 16.5. The average molecular weight is 319 g/mol. The Balaban J connectivity index is 1.70. The fraction of sp³-hybridized carbons (Fsp3) is 0.529. The summed E-state index contributed by atoms with van der Waals surface area (Å²) in [5.74, 6) is 0.948. The smallest absolute Gasteiger partial charge is 0.317 e. The molecule has 1 fully saturated rings. The van der Waals surface area contributed by atoms with Gasteiger partial charge in [0.25, 0.3) is 0 Å². The van der Waals surface area contributed by atoms with Gasteiger partial charge in [-0.1, -0.05) is 18.2 Å². The second-order valence-electron chi connectivity index (χ2n) is 5.79. The maximum atomic E-state index is 12.1. The third-order valence-corrected chi connectivity index (χ3v) is 4.05. The first-order chi connectivity index (χ1) is 11.0. The van der Waals surface area contributed by atoms with Gasteiger partial charge in [-0.2, -0.15) is 0 Å². The Bertz CT molecular complexity index is 546. The lowest BCUT2D eigenvalue weighted by Crippen LogP contribution is -2.53. The molecule has 1 aliphatic heterocycles. The molecule has 0 unspecified atom stereocenters. The Hall–Kier alpha value is -2.24. The van der Waals surface area contributed by atoms with E-state index in [2.05, 4.69) is 5.32 Å². The van der Waals surface area contributed by atoms with E-state index in [9.17, 15) is 9.59 Å². The van der Waals surface area contributed by atoms with Gasteiger partial charge in [0.2, 0.25) is 5.91 Å². The number of hydrogen-bond donors (Lipinski definition) is 1. The Labute approximate surface area is 137 Å². The van der Waals surface area contributed by atoms with Crippen molar-refractivity contribution >= 4 is 11.9 Å². The second-order valence-corrected chi connectivity index (χ2v) is 5.79. The van der Waals surface area contributed by atoms with Gasteiger partial charge in [0, 0.05) is 33.1 Å². The lowest BCUT2D eigenvalue weighted by molar-refractivity contribution is -0.130. The van der Waals surface area contributed by atoms with Gasteiger partial charge in [-0.25, -0.2) is 4.79 Å². The first kappa shape index (κ1) is 17.1. The molecule has 6 heteroatoms. The predicted octanol–water partition coefficient (Wildman–Crippen LogP) is 1.56. The van der Waals surface area contributed by atoms with Crippen LogP contribution in [0.1, 0.15) is 18.1 Å². The number of nitrogens with one attached hydrogen (secondary N) is 1. The molecule has 0 spiro atoms. The largest absolute Gasteiger partial charge is 0.491 e. The maximum Gasteiger partial charge on any atom is 0.317 e. The minimum absolute atomic E-state index is 0.0621. The number of para-hydroxylation sites is 1. The van der Waals surface area contributed by atoms with Crippen LogP contribution < -0.4 is 10.1 Å². The molecule has 1 aromatic rings. The number of aryl methyl sites for hydroxylation is 2. The second kappa shape index (κ2) is 7.85. The summed E-state index contributed by atoms with van der Waals surface area (Å²) in [6, 6.07) is 5.92. The Morgan fingerprint density at radius 2 is 1.65 bits per heavy atom. The molecule has 0 aliphatic carbocycles. The van der Waals surface area contributed by atoms with Crippen molar-refractivity contribution in [3.63, 3.8) is 0 Å². The van der Waals surface area contributed by atoms with Crippen LogP contribution in [0.3, 0.4) is 0 Å². The molecule has 2 rings (SSSR count). The molecule has 6 nitrogen and oxygen atoms in total. The Kier molecular flexibility index (Phi) is 5.84. The van der Waals surface area contributed by atoms with Gasteiger partial charge < -0.3 is 19.9 Å². The first-order valence-electron chi connectivity index (χ1n) is 7.96. The van der Waals surface area contributed by atoms with E-state index < -0.39 is 0 Å². The number of piperazine rings is 1. The highest BCUT2D eigenvalue weighted by Crippen LogP contribution is 2.21. The maximum absolute atomic E-state index is 12.1. The SMILES string of the molecule is CC(=O)N1CCN(C(=O)NCCOc2c(C)cccc2C)CC1. The van der Waals surface area contributed by atoms with Crippen LogP contribution in [0.5, 0.6) is 5.75 Å². The summed E-state index contributed by atoms with van der Waals surface area (Å²) >= 11 is 0. The summed E-state index contributed by atoms with van der Waals surface area (Å²) < 4.78 is 5.77. The van der Waals surface area contributed by atoms with Gasteiger partial charge in [-0.05, 0) is 25.0 Å². The van der Waals surface area contributed by atoms with Gasteiger partial charge in [0.05, 0.1) is 6.54 Å². The lowest BCUT2D eigenvalue weighted by Gasteiger charge is -2.34. The number of ether oxygens (including phenoxy) is 1. The monoisotopic (exact) mass is 319 g/mol. The normalized spacial score (nSPS) is 14.6. The van der Waals surface area contributed by atoms with E-state index in [0.717, 1.165) is 16.9 Å². The fourth-order valence-electron chi connectivity index (χ4n) is 2.67. The van der Waals surface area contributed by atoms with Crippen molar-refractivity contribution in [2.75, 3.05) is 39.3 Å². The molecular formula is C17H25N3O3. The molecule has 1 heterocycles. The molecule has 0 radical (unpaired) electrons. The first-order valence-corrected chi connectivity index (χ1v) is 7.96.